The maximum atomic E-state index is 10.7. The number of hydrogen-bond donors (Lipinski definition) is 0. The molecule has 5 heteroatoms. The van der Waals surface area contributed by atoms with Crippen LogP contribution in [-0.4, -0.2) is 36.7 Å². The third-order valence-corrected chi connectivity index (χ3v) is 2.31. The summed E-state index contributed by atoms with van der Waals surface area (Å²) in [7, 11) is 1.35. The lowest BCUT2D eigenvalue weighted by Crippen LogP contribution is -2.10. The number of carbonyl (C=O) groups excluding carboxylic acids is 1. The van der Waals surface area contributed by atoms with Gasteiger partial charge >= 0.3 is 5.97 Å². The lowest BCUT2D eigenvalue weighted by atomic mass is 10.4. The predicted molar refractivity (Wildman–Crippen MR) is 51.8 cm³/mol. The zero-order chi connectivity index (χ0) is 9.68. The van der Waals surface area contributed by atoms with Gasteiger partial charge in [-0.3, -0.25) is 4.79 Å². The highest BCUT2D eigenvalue weighted by atomic mass is 32.2. The van der Waals surface area contributed by atoms with Gasteiger partial charge in [0.1, 0.15) is 11.9 Å². The summed E-state index contributed by atoms with van der Waals surface area (Å²) in [5.41, 5.74) is 0. The molecule has 0 radical (unpaired) electrons. The van der Waals surface area contributed by atoms with Gasteiger partial charge in [-0.2, -0.15) is 0 Å². The predicted octanol–water partition coefficient (Wildman–Crippen LogP) is 0.833. The fourth-order valence-electron chi connectivity index (χ4n) is 0.750. The molecule has 0 amide bonds. The van der Waals surface area contributed by atoms with Crippen LogP contribution in [0.4, 0.5) is 0 Å². The Hall–Kier alpha value is -0.970. The van der Waals surface area contributed by atoms with Gasteiger partial charge in [0, 0.05) is 0 Å². The highest BCUT2D eigenvalue weighted by Gasteiger charge is 2.17. The van der Waals surface area contributed by atoms with Crippen molar-refractivity contribution in [1.82, 2.24) is 0 Å². The van der Waals surface area contributed by atoms with Gasteiger partial charge in [-0.1, -0.05) is 18.3 Å². The molecule has 1 aliphatic rings. The molecule has 13 heavy (non-hydrogen) atoms. The molecule has 0 aromatic rings. The molecule has 1 heterocycles. The van der Waals surface area contributed by atoms with Crippen molar-refractivity contribution < 1.29 is 14.3 Å². The molecule has 1 rings (SSSR count). The fraction of sp³-hybridized carbons (Fsp3) is 0.500. The molecule has 0 fully saturated rings. The number of thioether (sulfide) groups is 1. The van der Waals surface area contributed by atoms with Crippen LogP contribution < -0.4 is 0 Å². The van der Waals surface area contributed by atoms with Crippen LogP contribution in [0.15, 0.2) is 17.6 Å². The topological polar surface area (TPSA) is 47.9 Å². The minimum atomic E-state index is -0.279. The van der Waals surface area contributed by atoms with Gasteiger partial charge in [-0.15, -0.1) is 0 Å². The highest BCUT2D eigenvalue weighted by molar-refractivity contribution is 8.14. The van der Waals surface area contributed by atoms with E-state index in [1.54, 1.807) is 6.08 Å². The Morgan fingerprint density at radius 1 is 2.00 bits per heavy atom. The van der Waals surface area contributed by atoms with E-state index in [1.807, 2.05) is 0 Å². The summed E-state index contributed by atoms with van der Waals surface area (Å²) in [6.07, 6.45) is 1.65. The van der Waals surface area contributed by atoms with E-state index in [0.29, 0.717) is 11.8 Å². The van der Waals surface area contributed by atoms with Gasteiger partial charge in [0.25, 0.3) is 0 Å². The molecular formula is C8H11NO3S. The van der Waals surface area contributed by atoms with Crippen molar-refractivity contribution in [3.8, 4) is 0 Å². The minimum Gasteiger partial charge on any atom is -0.468 e. The number of aliphatic imine (C=N–C) groups is 1. The molecule has 0 saturated heterocycles. The van der Waals surface area contributed by atoms with E-state index in [9.17, 15) is 4.79 Å². The maximum absolute atomic E-state index is 10.7. The van der Waals surface area contributed by atoms with E-state index in [2.05, 4.69) is 16.3 Å². The van der Waals surface area contributed by atoms with E-state index in [0.717, 1.165) is 0 Å². The first-order chi connectivity index (χ1) is 6.26. The van der Waals surface area contributed by atoms with Crippen LogP contribution in [0.5, 0.6) is 0 Å². The van der Waals surface area contributed by atoms with Crippen molar-refractivity contribution in [1.29, 1.82) is 0 Å². The number of hydrogen-bond acceptors (Lipinski definition) is 5. The molecule has 1 atom stereocenters. The molecule has 0 bridgehead atoms. The van der Waals surface area contributed by atoms with Crippen molar-refractivity contribution in [3.05, 3.63) is 12.7 Å². The highest BCUT2D eigenvalue weighted by Crippen LogP contribution is 2.15. The number of rotatable bonds is 3. The molecule has 0 aromatic heterocycles. The molecule has 0 aliphatic carbocycles. The Morgan fingerprint density at radius 2 is 2.77 bits per heavy atom. The number of ether oxygens (including phenoxy) is 2. The maximum Gasteiger partial charge on any atom is 0.316 e. The van der Waals surface area contributed by atoms with E-state index < -0.39 is 0 Å². The summed E-state index contributed by atoms with van der Waals surface area (Å²) in [6.45, 7) is 4.18. The van der Waals surface area contributed by atoms with Crippen LogP contribution in [0.1, 0.15) is 0 Å². The molecule has 1 unspecified atom stereocenters. The van der Waals surface area contributed by atoms with Crippen LogP contribution in [0, 0.1) is 0 Å². The Balaban J connectivity index is 2.24. The van der Waals surface area contributed by atoms with Gasteiger partial charge < -0.3 is 9.47 Å². The molecule has 0 aromatic carbocycles. The third-order valence-electron chi connectivity index (χ3n) is 1.46. The lowest BCUT2D eigenvalue weighted by molar-refractivity contribution is -0.137. The normalized spacial score (nSPS) is 20.4. The second kappa shape index (κ2) is 4.91. The zero-order valence-corrected chi connectivity index (χ0v) is 8.17. The molecule has 4 nitrogen and oxygen atoms in total. The zero-order valence-electron chi connectivity index (χ0n) is 7.36. The largest absolute Gasteiger partial charge is 0.468 e. The van der Waals surface area contributed by atoms with Gasteiger partial charge in [0.15, 0.2) is 0 Å². The second-order valence-electron chi connectivity index (χ2n) is 2.36. The van der Waals surface area contributed by atoms with Crippen LogP contribution in [0.25, 0.3) is 0 Å². The van der Waals surface area contributed by atoms with E-state index in [4.69, 9.17) is 4.74 Å². The fourth-order valence-corrected chi connectivity index (χ4v) is 1.47. The summed E-state index contributed by atoms with van der Waals surface area (Å²) < 4.78 is 9.77. The molecule has 0 saturated carbocycles. The average Bonchev–Trinajstić information content (AvgIpc) is 2.61. The number of esters is 1. The van der Waals surface area contributed by atoms with Crippen molar-refractivity contribution >= 4 is 23.0 Å². The van der Waals surface area contributed by atoms with Gasteiger partial charge in [0.05, 0.1) is 13.7 Å². The molecular weight excluding hydrogens is 190 g/mol. The smallest absolute Gasteiger partial charge is 0.316 e. The number of carbonyl (C=O) groups is 1. The first kappa shape index (κ1) is 10.1. The third kappa shape index (κ3) is 3.10. The lowest BCUT2D eigenvalue weighted by Gasteiger charge is -2.04. The van der Waals surface area contributed by atoms with Crippen molar-refractivity contribution in [2.24, 2.45) is 4.99 Å². The van der Waals surface area contributed by atoms with E-state index in [-0.39, 0.29) is 17.8 Å². The molecule has 0 spiro atoms. The summed E-state index contributed by atoms with van der Waals surface area (Å²) in [6, 6.07) is 0. The van der Waals surface area contributed by atoms with Gasteiger partial charge in [-0.25, -0.2) is 4.99 Å². The summed E-state index contributed by atoms with van der Waals surface area (Å²) >= 11 is 1.24. The molecule has 72 valence electrons. The van der Waals surface area contributed by atoms with Crippen LogP contribution >= 0.6 is 11.8 Å². The van der Waals surface area contributed by atoms with Crippen molar-refractivity contribution in [2.75, 3.05) is 19.4 Å². The Bertz CT molecular complexity index is 240. The Labute approximate surface area is 81.0 Å². The summed E-state index contributed by atoms with van der Waals surface area (Å²) in [4.78, 5) is 14.8. The minimum absolute atomic E-state index is 0.0415. The monoisotopic (exact) mass is 201 g/mol. The summed E-state index contributed by atoms with van der Waals surface area (Å²) in [5, 5.41) is 0.537. The number of methoxy groups -OCH3 is 1. The quantitative estimate of drug-likeness (QED) is 0.501. The van der Waals surface area contributed by atoms with E-state index >= 15 is 0 Å². The van der Waals surface area contributed by atoms with Gasteiger partial charge in [0.2, 0.25) is 5.23 Å². The van der Waals surface area contributed by atoms with Crippen LogP contribution in [0.3, 0.4) is 0 Å². The summed E-state index contributed by atoms with van der Waals surface area (Å²) in [5.74, 6) is -0.0440. The molecule has 1 aliphatic heterocycles. The van der Waals surface area contributed by atoms with Crippen molar-refractivity contribution in [2.45, 2.75) is 6.10 Å². The first-order valence-corrected chi connectivity index (χ1v) is 4.78. The average molecular weight is 201 g/mol. The number of nitrogens with zero attached hydrogens (tertiary/aromatic N) is 1. The van der Waals surface area contributed by atoms with Crippen molar-refractivity contribution in [3.63, 3.8) is 0 Å². The standard InChI is InChI=1S/C8H11NO3S/c1-3-6-4-9-8(12-6)13-5-7(10)11-2/h3,6H,1,4-5H2,2H3. The first-order valence-electron chi connectivity index (χ1n) is 3.79. The second-order valence-corrected chi connectivity index (χ2v) is 3.29. The van der Waals surface area contributed by atoms with Crippen LogP contribution in [-0.2, 0) is 14.3 Å². The van der Waals surface area contributed by atoms with E-state index in [1.165, 1.54) is 18.9 Å². The van der Waals surface area contributed by atoms with Gasteiger partial charge in [-0.05, 0) is 6.08 Å². The SMILES string of the molecule is C=CC1CN=C(SCC(=O)OC)O1. The Morgan fingerprint density at radius 3 is 3.31 bits per heavy atom. The Kier molecular flexibility index (Phi) is 3.82. The molecule has 0 N–H and O–H groups in total. The van der Waals surface area contributed by atoms with Crippen LogP contribution in [0.2, 0.25) is 0 Å².